The summed E-state index contributed by atoms with van der Waals surface area (Å²) in [6.45, 7) is 0. The van der Waals surface area contributed by atoms with Crippen molar-refractivity contribution in [1.29, 1.82) is 0 Å². The number of imide groups is 1. The van der Waals surface area contributed by atoms with Gasteiger partial charge >= 0.3 is 6.03 Å². The highest BCUT2D eigenvalue weighted by molar-refractivity contribution is 6.09. The van der Waals surface area contributed by atoms with E-state index in [1.165, 1.54) is 0 Å². The Bertz CT molecular complexity index is 1180. The normalized spacial score (nSPS) is 20.3. The molecular formula is C23H19N3O3. The number of hydrogen-bond donors (Lipinski definition) is 3. The van der Waals surface area contributed by atoms with E-state index in [-0.39, 0.29) is 11.8 Å². The molecule has 3 aromatic carbocycles. The molecule has 0 bridgehead atoms. The van der Waals surface area contributed by atoms with E-state index in [2.05, 4.69) is 16.0 Å². The summed E-state index contributed by atoms with van der Waals surface area (Å²) in [6, 6.07) is 18.8. The van der Waals surface area contributed by atoms with Crippen molar-refractivity contribution in [3.63, 3.8) is 0 Å². The number of rotatable bonds is 2. The summed E-state index contributed by atoms with van der Waals surface area (Å²) < 4.78 is 0. The fraction of sp³-hybridized carbons (Fsp3) is 0.174. The van der Waals surface area contributed by atoms with E-state index in [9.17, 15) is 14.4 Å². The highest BCUT2D eigenvalue weighted by atomic mass is 16.2. The summed E-state index contributed by atoms with van der Waals surface area (Å²) in [4.78, 5) is 36.6. The molecule has 5 rings (SSSR count). The van der Waals surface area contributed by atoms with Crippen LogP contribution in [0.1, 0.15) is 27.9 Å². The van der Waals surface area contributed by atoms with Gasteiger partial charge < -0.3 is 10.6 Å². The first-order chi connectivity index (χ1) is 14.0. The van der Waals surface area contributed by atoms with E-state index in [4.69, 9.17) is 0 Å². The Morgan fingerprint density at radius 2 is 1.79 bits per heavy atom. The van der Waals surface area contributed by atoms with Gasteiger partial charge in [-0.2, -0.15) is 0 Å². The fourth-order valence-electron chi connectivity index (χ4n) is 4.29. The van der Waals surface area contributed by atoms with E-state index in [0.717, 1.165) is 27.6 Å². The minimum Gasteiger partial charge on any atom is -0.323 e. The summed E-state index contributed by atoms with van der Waals surface area (Å²) in [5.74, 6) is -0.442. The maximum Gasteiger partial charge on any atom is 0.322 e. The van der Waals surface area contributed by atoms with Crippen molar-refractivity contribution in [3.8, 4) is 0 Å². The molecule has 6 nitrogen and oxygen atoms in total. The number of amides is 4. The molecule has 0 radical (unpaired) electrons. The minimum atomic E-state index is -0.864. The molecule has 29 heavy (non-hydrogen) atoms. The van der Waals surface area contributed by atoms with Gasteiger partial charge in [-0.25, -0.2) is 4.79 Å². The van der Waals surface area contributed by atoms with Crippen molar-refractivity contribution in [3.05, 3.63) is 77.4 Å². The first-order valence-corrected chi connectivity index (χ1v) is 9.59. The maximum atomic E-state index is 12.9. The molecule has 0 aromatic heterocycles. The summed E-state index contributed by atoms with van der Waals surface area (Å²) in [5, 5.41) is 10.2. The second kappa shape index (κ2) is 6.44. The van der Waals surface area contributed by atoms with Crippen molar-refractivity contribution < 1.29 is 14.4 Å². The lowest BCUT2D eigenvalue weighted by Crippen LogP contribution is -2.51. The van der Waals surface area contributed by atoms with Crippen molar-refractivity contribution in [2.45, 2.75) is 24.8 Å². The zero-order valence-corrected chi connectivity index (χ0v) is 15.6. The lowest BCUT2D eigenvalue weighted by atomic mass is 9.77. The predicted molar refractivity (Wildman–Crippen MR) is 110 cm³/mol. The lowest BCUT2D eigenvalue weighted by Gasteiger charge is -2.32. The van der Waals surface area contributed by atoms with Crippen LogP contribution >= 0.6 is 0 Å². The van der Waals surface area contributed by atoms with Gasteiger partial charge in [0.1, 0.15) is 5.54 Å². The molecule has 1 spiro atoms. The van der Waals surface area contributed by atoms with Crippen LogP contribution in [0.15, 0.2) is 60.7 Å². The van der Waals surface area contributed by atoms with Crippen LogP contribution in [0.5, 0.6) is 0 Å². The number of benzene rings is 3. The molecule has 0 saturated carbocycles. The van der Waals surface area contributed by atoms with Crippen LogP contribution in [0.3, 0.4) is 0 Å². The third-order valence-corrected chi connectivity index (χ3v) is 5.83. The van der Waals surface area contributed by atoms with E-state index in [0.29, 0.717) is 24.8 Å². The third kappa shape index (κ3) is 2.93. The third-order valence-electron chi connectivity index (χ3n) is 5.83. The van der Waals surface area contributed by atoms with Crippen LogP contribution in [0.2, 0.25) is 0 Å². The number of carbonyl (C=O) groups is 3. The monoisotopic (exact) mass is 385 g/mol. The standard InChI is InChI=1S/C23H19N3O3/c27-20(24-19-7-3-5-14-4-1-2-6-18(14)19)16-8-9-17-13-23(11-10-15(17)12-16)21(28)25-22(29)26-23/h1-9,12H,10-11,13H2,(H,24,27)(H2,25,26,28,29). The Morgan fingerprint density at radius 3 is 2.62 bits per heavy atom. The molecule has 1 aliphatic heterocycles. The SMILES string of the molecule is O=C1NC(=O)C2(CCc3cc(C(=O)Nc4cccc5ccccc45)ccc3C2)N1. The minimum absolute atomic E-state index is 0.170. The quantitative estimate of drug-likeness (QED) is 0.592. The largest absolute Gasteiger partial charge is 0.323 e. The molecule has 3 N–H and O–H groups in total. The van der Waals surface area contributed by atoms with Gasteiger partial charge in [-0.15, -0.1) is 0 Å². The molecule has 2 aliphatic rings. The van der Waals surface area contributed by atoms with Crippen molar-refractivity contribution >= 4 is 34.3 Å². The number of fused-ring (bicyclic) bond motifs is 2. The van der Waals surface area contributed by atoms with Gasteiger partial charge in [0.15, 0.2) is 0 Å². The molecule has 3 aromatic rings. The highest BCUT2D eigenvalue weighted by Gasteiger charge is 2.47. The zero-order chi connectivity index (χ0) is 20.0. The van der Waals surface area contributed by atoms with Gasteiger partial charge in [0.25, 0.3) is 11.8 Å². The Balaban J connectivity index is 1.40. The Labute approximate surface area is 167 Å². The van der Waals surface area contributed by atoms with E-state index in [1.54, 1.807) is 6.07 Å². The van der Waals surface area contributed by atoms with Crippen LogP contribution in [-0.2, 0) is 17.6 Å². The van der Waals surface area contributed by atoms with Crippen LogP contribution in [0.25, 0.3) is 10.8 Å². The molecule has 6 heteroatoms. The van der Waals surface area contributed by atoms with Crippen molar-refractivity contribution in [2.24, 2.45) is 0 Å². The van der Waals surface area contributed by atoms with Crippen molar-refractivity contribution in [2.75, 3.05) is 5.32 Å². The molecule has 4 amide bonds. The molecule has 1 atom stereocenters. The summed E-state index contributed by atoms with van der Waals surface area (Å²) >= 11 is 0. The van der Waals surface area contributed by atoms with Gasteiger partial charge in [0.2, 0.25) is 0 Å². The topological polar surface area (TPSA) is 87.3 Å². The lowest BCUT2D eigenvalue weighted by molar-refractivity contribution is -0.124. The van der Waals surface area contributed by atoms with Gasteiger partial charge in [-0.3, -0.25) is 14.9 Å². The molecule has 1 unspecified atom stereocenters. The zero-order valence-electron chi connectivity index (χ0n) is 15.6. The smallest absolute Gasteiger partial charge is 0.322 e. The molecule has 144 valence electrons. The Morgan fingerprint density at radius 1 is 0.966 bits per heavy atom. The second-order valence-electron chi connectivity index (χ2n) is 7.63. The van der Waals surface area contributed by atoms with Crippen LogP contribution in [0, 0.1) is 0 Å². The summed E-state index contributed by atoms with van der Waals surface area (Å²) in [7, 11) is 0. The first kappa shape index (κ1) is 17.4. The summed E-state index contributed by atoms with van der Waals surface area (Å²) in [6.07, 6.45) is 1.58. The fourth-order valence-corrected chi connectivity index (χ4v) is 4.29. The number of urea groups is 1. The highest BCUT2D eigenvalue weighted by Crippen LogP contribution is 2.32. The van der Waals surface area contributed by atoms with Crippen LogP contribution in [-0.4, -0.2) is 23.4 Å². The van der Waals surface area contributed by atoms with Crippen molar-refractivity contribution in [1.82, 2.24) is 10.6 Å². The number of carbonyl (C=O) groups excluding carboxylic acids is 3. The van der Waals surface area contributed by atoms with Crippen LogP contribution < -0.4 is 16.0 Å². The second-order valence-corrected chi connectivity index (χ2v) is 7.63. The van der Waals surface area contributed by atoms with Gasteiger partial charge in [0, 0.05) is 23.1 Å². The van der Waals surface area contributed by atoms with E-state index in [1.807, 2.05) is 54.6 Å². The van der Waals surface area contributed by atoms with Gasteiger partial charge in [0.05, 0.1) is 0 Å². The Hall–Kier alpha value is -3.67. The molecule has 1 fully saturated rings. The number of anilines is 1. The molecule has 1 saturated heterocycles. The maximum absolute atomic E-state index is 12.9. The molecule has 1 heterocycles. The molecular weight excluding hydrogens is 366 g/mol. The number of aryl methyl sites for hydroxylation is 1. The van der Waals surface area contributed by atoms with E-state index < -0.39 is 11.6 Å². The molecule has 1 aliphatic carbocycles. The van der Waals surface area contributed by atoms with E-state index >= 15 is 0 Å². The van der Waals surface area contributed by atoms with Gasteiger partial charge in [-0.05, 0) is 47.6 Å². The van der Waals surface area contributed by atoms with Crippen LogP contribution in [0.4, 0.5) is 10.5 Å². The first-order valence-electron chi connectivity index (χ1n) is 9.59. The average molecular weight is 385 g/mol. The Kier molecular flexibility index (Phi) is 3.87. The number of hydrogen-bond acceptors (Lipinski definition) is 3. The van der Waals surface area contributed by atoms with Gasteiger partial charge in [-0.1, -0.05) is 42.5 Å². The average Bonchev–Trinajstić information content (AvgIpc) is 3.00. The summed E-state index contributed by atoms with van der Waals surface area (Å²) in [5.41, 5.74) is 2.50. The predicted octanol–water partition coefficient (Wildman–Crippen LogP) is 3.16. The number of nitrogens with one attached hydrogen (secondary N) is 3.